The van der Waals surface area contributed by atoms with Gasteiger partial charge in [0.2, 0.25) is 5.82 Å². The number of nitrogens with zero attached hydrogens (tertiary/aromatic N) is 2. The Morgan fingerprint density at radius 2 is 2.10 bits per heavy atom. The zero-order valence-electron chi connectivity index (χ0n) is 11.8. The van der Waals surface area contributed by atoms with Gasteiger partial charge in [0.25, 0.3) is 0 Å². The molecule has 8 nitrogen and oxygen atoms in total. The molecule has 0 saturated heterocycles. The molecular weight excluding hydrogens is 264 g/mol. The summed E-state index contributed by atoms with van der Waals surface area (Å²) in [4.78, 5) is 26.2. The van der Waals surface area contributed by atoms with Crippen molar-refractivity contribution >= 4 is 23.3 Å². The van der Waals surface area contributed by atoms with Crippen molar-refractivity contribution in [2.24, 2.45) is 5.92 Å². The summed E-state index contributed by atoms with van der Waals surface area (Å²) < 4.78 is 4.69. The first kappa shape index (κ1) is 15.7. The van der Waals surface area contributed by atoms with Gasteiger partial charge in [0.1, 0.15) is 11.9 Å². The number of pyridine rings is 1. The van der Waals surface area contributed by atoms with Crippen LogP contribution in [-0.2, 0) is 9.53 Å². The van der Waals surface area contributed by atoms with Gasteiger partial charge >= 0.3 is 11.7 Å². The van der Waals surface area contributed by atoms with Crippen LogP contribution in [0, 0.1) is 16.0 Å². The summed E-state index contributed by atoms with van der Waals surface area (Å²) in [5, 5.41) is 16.6. The Kier molecular flexibility index (Phi) is 5.24. The summed E-state index contributed by atoms with van der Waals surface area (Å²) >= 11 is 0. The Labute approximate surface area is 116 Å². The number of nitrogens with one attached hydrogen (secondary N) is 2. The molecule has 1 rings (SSSR count). The average molecular weight is 282 g/mol. The molecule has 2 N–H and O–H groups in total. The van der Waals surface area contributed by atoms with Crippen LogP contribution in [0.3, 0.4) is 0 Å². The number of hydrogen-bond donors (Lipinski definition) is 2. The van der Waals surface area contributed by atoms with E-state index in [0.29, 0.717) is 5.82 Å². The molecule has 1 aromatic heterocycles. The zero-order chi connectivity index (χ0) is 15.3. The van der Waals surface area contributed by atoms with E-state index in [4.69, 9.17) is 0 Å². The van der Waals surface area contributed by atoms with Crippen molar-refractivity contribution < 1.29 is 14.5 Å². The summed E-state index contributed by atoms with van der Waals surface area (Å²) in [5.74, 6) is -0.107. The number of rotatable bonds is 6. The van der Waals surface area contributed by atoms with E-state index >= 15 is 0 Å². The van der Waals surface area contributed by atoms with Gasteiger partial charge in [-0.05, 0) is 12.0 Å². The fourth-order valence-corrected chi connectivity index (χ4v) is 1.62. The standard InChI is InChI=1S/C12H18N4O4/c1-7(2)10(12(17)20-4)15-11-8(16(18)19)5-6-9(13-3)14-11/h5-7,10H,1-4H3,(H2,13,14,15). The van der Waals surface area contributed by atoms with E-state index in [1.54, 1.807) is 7.05 Å². The van der Waals surface area contributed by atoms with Crippen LogP contribution in [0.25, 0.3) is 0 Å². The van der Waals surface area contributed by atoms with E-state index in [1.807, 2.05) is 13.8 Å². The Hall–Kier alpha value is -2.38. The predicted molar refractivity (Wildman–Crippen MR) is 74.7 cm³/mol. The van der Waals surface area contributed by atoms with E-state index in [2.05, 4.69) is 20.4 Å². The molecule has 0 aliphatic heterocycles. The molecule has 0 aliphatic rings. The molecule has 110 valence electrons. The van der Waals surface area contributed by atoms with Crippen LogP contribution >= 0.6 is 0 Å². The first-order chi connectivity index (χ1) is 9.40. The SMILES string of the molecule is CNc1ccc([N+](=O)[O-])c(NC(C(=O)OC)C(C)C)n1. The van der Waals surface area contributed by atoms with Crippen LogP contribution in [-0.4, -0.2) is 36.1 Å². The van der Waals surface area contributed by atoms with Crippen LogP contribution in [0.1, 0.15) is 13.8 Å². The third kappa shape index (κ3) is 3.56. The van der Waals surface area contributed by atoms with Crippen LogP contribution in [0.5, 0.6) is 0 Å². The smallest absolute Gasteiger partial charge is 0.328 e. The number of aromatic nitrogens is 1. The number of hydrogen-bond acceptors (Lipinski definition) is 7. The minimum absolute atomic E-state index is 0.0333. The Morgan fingerprint density at radius 3 is 2.55 bits per heavy atom. The summed E-state index contributed by atoms with van der Waals surface area (Å²) in [5.41, 5.74) is -0.196. The first-order valence-corrected chi connectivity index (χ1v) is 6.08. The number of anilines is 2. The quantitative estimate of drug-likeness (QED) is 0.464. The van der Waals surface area contributed by atoms with Gasteiger partial charge in [0.05, 0.1) is 12.0 Å². The molecule has 20 heavy (non-hydrogen) atoms. The number of carbonyl (C=O) groups is 1. The summed E-state index contributed by atoms with van der Waals surface area (Å²) in [6.07, 6.45) is 0. The number of nitro groups is 1. The van der Waals surface area contributed by atoms with Crippen LogP contribution in [0.2, 0.25) is 0 Å². The lowest BCUT2D eigenvalue weighted by Gasteiger charge is -2.20. The molecule has 0 amide bonds. The topological polar surface area (TPSA) is 106 Å². The molecule has 1 atom stereocenters. The highest BCUT2D eigenvalue weighted by atomic mass is 16.6. The fraction of sp³-hybridized carbons (Fsp3) is 0.500. The normalized spacial score (nSPS) is 11.8. The van der Waals surface area contributed by atoms with Crippen molar-refractivity contribution in [3.8, 4) is 0 Å². The monoisotopic (exact) mass is 282 g/mol. The summed E-state index contributed by atoms with van der Waals surface area (Å²) in [7, 11) is 2.92. The van der Waals surface area contributed by atoms with Crippen molar-refractivity contribution in [1.29, 1.82) is 0 Å². The highest BCUT2D eigenvalue weighted by Crippen LogP contribution is 2.25. The van der Waals surface area contributed by atoms with Gasteiger partial charge in [0, 0.05) is 13.1 Å². The molecule has 1 unspecified atom stereocenters. The number of esters is 1. The summed E-state index contributed by atoms with van der Waals surface area (Å²) in [6.45, 7) is 3.62. The fourth-order valence-electron chi connectivity index (χ4n) is 1.62. The van der Waals surface area contributed by atoms with Crippen molar-refractivity contribution in [3.05, 3.63) is 22.2 Å². The summed E-state index contributed by atoms with van der Waals surface area (Å²) in [6, 6.07) is 2.11. The lowest BCUT2D eigenvalue weighted by molar-refractivity contribution is -0.384. The predicted octanol–water partition coefficient (Wildman–Crippen LogP) is 1.64. The first-order valence-electron chi connectivity index (χ1n) is 6.08. The van der Waals surface area contributed by atoms with E-state index < -0.39 is 16.9 Å². The second kappa shape index (κ2) is 6.69. The van der Waals surface area contributed by atoms with E-state index in [1.165, 1.54) is 19.2 Å². The van der Waals surface area contributed by atoms with Gasteiger partial charge in [-0.15, -0.1) is 0 Å². The van der Waals surface area contributed by atoms with Gasteiger partial charge in [-0.2, -0.15) is 0 Å². The van der Waals surface area contributed by atoms with Gasteiger partial charge in [-0.25, -0.2) is 9.78 Å². The Morgan fingerprint density at radius 1 is 1.45 bits per heavy atom. The molecule has 0 fully saturated rings. The lowest BCUT2D eigenvalue weighted by atomic mass is 10.0. The maximum absolute atomic E-state index is 11.7. The molecule has 0 spiro atoms. The Bertz CT molecular complexity index is 504. The van der Waals surface area contributed by atoms with Gasteiger partial charge < -0.3 is 15.4 Å². The van der Waals surface area contributed by atoms with Gasteiger partial charge in [-0.3, -0.25) is 10.1 Å². The largest absolute Gasteiger partial charge is 0.467 e. The van der Waals surface area contributed by atoms with Crippen molar-refractivity contribution in [3.63, 3.8) is 0 Å². The molecule has 8 heteroatoms. The number of methoxy groups -OCH3 is 1. The highest BCUT2D eigenvalue weighted by Gasteiger charge is 2.27. The average Bonchev–Trinajstić information content (AvgIpc) is 2.42. The zero-order valence-corrected chi connectivity index (χ0v) is 11.8. The lowest BCUT2D eigenvalue weighted by Crippen LogP contribution is -2.36. The molecule has 1 heterocycles. The van der Waals surface area contributed by atoms with Crippen LogP contribution < -0.4 is 10.6 Å². The third-order valence-corrected chi connectivity index (χ3v) is 2.74. The Balaban J connectivity index is 3.15. The van der Waals surface area contributed by atoms with Crippen molar-refractivity contribution in [2.75, 3.05) is 24.8 Å². The van der Waals surface area contributed by atoms with E-state index in [-0.39, 0.29) is 17.4 Å². The third-order valence-electron chi connectivity index (χ3n) is 2.74. The van der Waals surface area contributed by atoms with E-state index in [9.17, 15) is 14.9 Å². The minimum Gasteiger partial charge on any atom is -0.467 e. The molecule has 0 radical (unpaired) electrons. The molecule has 1 aromatic rings. The second-order valence-electron chi connectivity index (χ2n) is 4.46. The minimum atomic E-state index is -0.710. The van der Waals surface area contributed by atoms with Crippen LogP contribution in [0.15, 0.2) is 12.1 Å². The van der Waals surface area contributed by atoms with Crippen molar-refractivity contribution in [2.45, 2.75) is 19.9 Å². The van der Waals surface area contributed by atoms with Gasteiger partial charge in [-0.1, -0.05) is 13.8 Å². The molecule has 0 aromatic carbocycles. The number of carbonyl (C=O) groups excluding carboxylic acids is 1. The van der Waals surface area contributed by atoms with E-state index in [0.717, 1.165) is 0 Å². The second-order valence-corrected chi connectivity index (χ2v) is 4.46. The van der Waals surface area contributed by atoms with Gasteiger partial charge in [0.15, 0.2) is 0 Å². The highest BCUT2D eigenvalue weighted by molar-refractivity contribution is 5.80. The maximum atomic E-state index is 11.7. The molecular formula is C12H18N4O4. The maximum Gasteiger partial charge on any atom is 0.328 e. The van der Waals surface area contributed by atoms with Crippen molar-refractivity contribution in [1.82, 2.24) is 4.98 Å². The molecule has 0 aliphatic carbocycles. The number of ether oxygens (including phenoxy) is 1. The molecule has 0 bridgehead atoms. The molecule has 0 saturated carbocycles. The van der Waals surface area contributed by atoms with Crippen LogP contribution in [0.4, 0.5) is 17.3 Å².